The second-order valence-corrected chi connectivity index (χ2v) is 6.53. The zero-order valence-electron chi connectivity index (χ0n) is 13.1. The normalized spacial score (nSPS) is 22.6. The van der Waals surface area contributed by atoms with Crippen LogP contribution in [-0.2, 0) is 4.74 Å². The van der Waals surface area contributed by atoms with Crippen LogP contribution in [0, 0.1) is 6.92 Å². The van der Waals surface area contributed by atoms with Crippen LogP contribution in [0.5, 0.6) is 0 Å². The van der Waals surface area contributed by atoms with Crippen molar-refractivity contribution in [2.45, 2.75) is 32.2 Å². The van der Waals surface area contributed by atoms with Gasteiger partial charge in [0.25, 0.3) is 5.91 Å². The Kier molecular flexibility index (Phi) is 3.04. The number of ether oxygens (including phenoxy) is 1. The maximum absolute atomic E-state index is 12.9. The van der Waals surface area contributed by atoms with Crippen LogP contribution in [0.4, 0.5) is 5.88 Å². The minimum Gasteiger partial charge on any atom is -0.444 e. The van der Waals surface area contributed by atoms with Gasteiger partial charge in [0.05, 0.1) is 24.3 Å². The number of carbonyl (C=O) groups is 1. The number of anilines is 1. The Balaban J connectivity index is 1.71. The first-order chi connectivity index (χ1) is 10.6. The number of hydrogen-bond donors (Lipinski definition) is 0. The molecule has 0 spiro atoms. The average Bonchev–Trinajstić information content (AvgIpc) is 3.19. The molecule has 4 rings (SSSR count). The topological polar surface area (TPSA) is 58.3 Å². The minimum atomic E-state index is 0.0278. The predicted octanol–water partition coefficient (Wildman–Crippen LogP) is 1.81. The van der Waals surface area contributed by atoms with E-state index in [0.717, 1.165) is 24.3 Å². The van der Waals surface area contributed by atoms with Gasteiger partial charge in [0.15, 0.2) is 0 Å². The maximum atomic E-state index is 12.9. The van der Waals surface area contributed by atoms with E-state index < -0.39 is 0 Å². The van der Waals surface area contributed by atoms with Crippen LogP contribution < -0.4 is 4.90 Å². The maximum Gasteiger partial charge on any atom is 0.258 e. The van der Waals surface area contributed by atoms with Gasteiger partial charge in [-0.05, 0) is 26.7 Å². The molecule has 6 heteroatoms. The molecule has 1 aromatic heterocycles. The third-order valence-electron chi connectivity index (χ3n) is 4.93. The summed E-state index contributed by atoms with van der Waals surface area (Å²) in [5, 5.41) is 0. The summed E-state index contributed by atoms with van der Waals surface area (Å²) < 4.78 is 11.3. The summed E-state index contributed by atoms with van der Waals surface area (Å²) in [5.41, 5.74) is 1.64. The third-order valence-corrected chi connectivity index (χ3v) is 4.93. The molecule has 1 aromatic rings. The van der Waals surface area contributed by atoms with Crippen LogP contribution in [0.2, 0.25) is 0 Å². The highest BCUT2D eigenvalue weighted by molar-refractivity contribution is 6.06. The Labute approximate surface area is 129 Å². The number of aryl methyl sites for hydroxylation is 1. The molecule has 0 bridgehead atoms. The highest BCUT2D eigenvalue weighted by atomic mass is 16.5. The lowest BCUT2D eigenvalue weighted by Gasteiger charge is -2.30. The lowest BCUT2D eigenvalue weighted by atomic mass is 10.1. The number of nitrogens with zero attached hydrogens (tertiary/aromatic N) is 3. The monoisotopic (exact) mass is 303 g/mol. The summed E-state index contributed by atoms with van der Waals surface area (Å²) >= 11 is 0. The molecule has 2 aliphatic heterocycles. The predicted molar refractivity (Wildman–Crippen MR) is 82.7 cm³/mol. The first kappa shape index (κ1) is 13.8. The quantitative estimate of drug-likeness (QED) is 0.836. The van der Waals surface area contributed by atoms with Gasteiger partial charge in [0.1, 0.15) is 12.4 Å². The highest BCUT2D eigenvalue weighted by Crippen LogP contribution is 2.46. The van der Waals surface area contributed by atoms with Gasteiger partial charge >= 0.3 is 0 Å². The minimum absolute atomic E-state index is 0.0278. The SMILES string of the molecule is Cc1oc2c(c1C(=O)N1CCOCC1)C=NCN2C1(C)CC1. The first-order valence-corrected chi connectivity index (χ1v) is 7.88. The summed E-state index contributed by atoms with van der Waals surface area (Å²) in [4.78, 5) is 21.3. The number of carbonyl (C=O) groups excluding carboxylic acids is 1. The van der Waals surface area contributed by atoms with E-state index in [4.69, 9.17) is 9.15 Å². The van der Waals surface area contributed by atoms with Gasteiger partial charge in [0.2, 0.25) is 5.88 Å². The molecule has 118 valence electrons. The van der Waals surface area contributed by atoms with E-state index in [1.807, 2.05) is 11.8 Å². The number of amides is 1. The number of aliphatic imine (C=N–C) groups is 1. The van der Waals surface area contributed by atoms with E-state index in [2.05, 4.69) is 16.8 Å². The van der Waals surface area contributed by atoms with E-state index in [1.165, 1.54) is 0 Å². The smallest absolute Gasteiger partial charge is 0.258 e. The first-order valence-electron chi connectivity index (χ1n) is 7.88. The lowest BCUT2D eigenvalue weighted by Crippen LogP contribution is -2.41. The van der Waals surface area contributed by atoms with Crippen LogP contribution in [-0.4, -0.2) is 55.5 Å². The van der Waals surface area contributed by atoms with Crippen molar-refractivity contribution in [3.63, 3.8) is 0 Å². The number of fused-ring (bicyclic) bond motifs is 1. The van der Waals surface area contributed by atoms with Crippen molar-refractivity contribution >= 4 is 18.0 Å². The van der Waals surface area contributed by atoms with Crippen LogP contribution in [0.1, 0.15) is 41.4 Å². The molecule has 1 saturated carbocycles. The second-order valence-electron chi connectivity index (χ2n) is 6.53. The molecular weight excluding hydrogens is 282 g/mol. The standard InChI is InChI=1S/C16H21N3O3/c1-11-13(14(20)18-5-7-21-8-6-18)12-9-17-10-19(15(12)22-11)16(2)3-4-16/h9H,3-8,10H2,1-2H3. The van der Waals surface area contributed by atoms with Crippen molar-refractivity contribution in [2.75, 3.05) is 37.9 Å². The number of hydrogen-bond acceptors (Lipinski definition) is 5. The molecular formula is C16H21N3O3. The molecule has 1 saturated heterocycles. The fourth-order valence-electron chi connectivity index (χ4n) is 3.20. The molecule has 22 heavy (non-hydrogen) atoms. The van der Waals surface area contributed by atoms with E-state index in [-0.39, 0.29) is 11.4 Å². The molecule has 0 unspecified atom stereocenters. The second kappa shape index (κ2) is 4.84. The summed E-state index contributed by atoms with van der Waals surface area (Å²) in [5.74, 6) is 1.52. The molecule has 3 aliphatic rings. The number of furan rings is 1. The van der Waals surface area contributed by atoms with E-state index >= 15 is 0 Å². The molecule has 0 aromatic carbocycles. The van der Waals surface area contributed by atoms with Crippen molar-refractivity contribution in [3.05, 3.63) is 16.9 Å². The van der Waals surface area contributed by atoms with Gasteiger partial charge in [-0.1, -0.05) is 0 Å². The fraction of sp³-hybridized carbons (Fsp3) is 0.625. The van der Waals surface area contributed by atoms with Crippen LogP contribution in [0.3, 0.4) is 0 Å². The average molecular weight is 303 g/mol. The van der Waals surface area contributed by atoms with Crippen molar-refractivity contribution in [1.82, 2.24) is 4.90 Å². The molecule has 6 nitrogen and oxygen atoms in total. The Bertz CT molecular complexity index is 639. The van der Waals surface area contributed by atoms with Gasteiger partial charge in [0, 0.05) is 24.8 Å². The van der Waals surface area contributed by atoms with Gasteiger partial charge in [-0.3, -0.25) is 9.79 Å². The Morgan fingerprint density at radius 1 is 1.32 bits per heavy atom. The van der Waals surface area contributed by atoms with Crippen molar-refractivity contribution in [2.24, 2.45) is 4.99 Å². The largest absolute Gasteiger partial charge is 0.444 e. The molecule has 1 amide bonds. The zero-order chi connectivity index (χ0) is 15.3. The van der Waals surface area contributed by atoms with Crippen LogP contribution >= 0.6 is 0 Å². The van der Waals surface area contributed by atoms with Crippen molar-refractivity contribution < 1.29 is 13.9 Å². The summed E-state index contributed by atoms with van der Waals surface area (Å²) in [6.07, 6.45) is 4.09. The lowest BCUT2D eigenvalue weighted by molar-refractivity contribution is 0.0301. The molecule has 0 N–H and O–H groups in total. The Morgan fingerprint density at radius 2 is 2.05 bits per heavy atom. The van der Waals surface area contributed by atoms with E-state index in [0.29, 0.717) is 44.3 Å². The molecule has 3 heterocycles. The molecule has 1 aliphatic carbocycles. The van der Waals surface area contributed by atoms with Crippen LogP contribution in [0.25, 0.3) is 0 Å². The van der Waals surface area contributed by atoms with Crippen molar-refractivity contribution in [1.29, 1.82) is 0 Å². The van der Waals surface area contributed by atoms with E-state index in [9.17, 15) is 4.79 Å². The fourth-order valence-corrected chi connectivity index (χ4v) is 3.20. The summed E-state index contributed by atoms with van der Waals surface area (Å²) in [6.45, 7) is 7.17. The van der Waals surface area contributed by atoms with Crippen LogP contribution in [0.15, 0.2) is 9.41 Å². The van der Waals surface area contributed by atoms with Gasteiger partial charge in [-0.15, -0.1) is 0 Å². The van der Waals surface area contributed by atoms with Gasteiger partial charge in [-0.25, -0.2) is 0 Å². The molecule has 0 radical (unpaired) electrons. The highest BCUT2D eigenvalue weighted by Gasteiger charge is 2.47. The zero-order valence-corrected chi connectivity index (χ0v) is 13.1. The van der Waals surface area contributed by atoms with Gasteiger partial charge < -0.3 is 19.0 Å². The van der Waals surface area contributed by atoms with E-state index in [1.54, 1.807) is 6.21 Å². The summed E-state index contributed by atoms with van der Waals surface area (Å²) in [6, 6.07) is 0. The van der Waals surface area contributed by atoms with Gasteiger partial charge in [-0.2, -0.15) is 0 Å². The molecule has 0 atom stereocenters. The molecule has 2 fully saturated rings. The Morgan fingerprint density at radius 3 is 2.73 bits per heavy atom. The number of morpholine rings is 1. The third kappa shape index (κ3) is 2.05. The number of rotatable bonds is 2. The summed E-state index contributed by atoms with van der Waals surface area (Å²) in [7, 11) is 0. The Hall–Kier alpha value is -1.82. The van der Waals surface area contributed by atoms with Crippen molar-refractivity contribution in [3.8, 4) is 0 Å².